The lowest BCUT2D eigenvalue weighted by atomic mass is 10.1. The maximum absolute atomic E-state index is 12.1. The van der Waals surface area contributed by atoms with Crippen LogP contribution in [-0.4, -0.2) is 39.1 Å². The van der Waals surface area contributed by atoms with Crippen molar-refractivity contribution in [2.45, 2.75) is 6.42 Å². The zero-order valence-electron chi connectivity index (χ0n) is 11.7. The Balaban J connectivity index is 2.38. The zero-order valence-corrected chi connectivity index (χ0v) is 11.7. The van der Waals surface area contributed by atoms with E-state index < -0.39 is 5.97 Å². The van der Waals surface area contributed by atoms with Crippen molar-refractivity contribution in [2.75, 3.05) is 37.5 Å². The van der Waals surface area contributed by atoms with Crippen molar-refractivity contribution in [3.63, 3.8) is 0 Å². The number of methoxy groups -OCH3 is 1. The van der Waals surface area contributed by atoms with Gasteiger partial charge in [-0.05, 0) is 30.7 Å². The quantitative estimate of drug-likeness (QED) is 0.796. The van der Waals surface area contributed by atoms with E-state index in [1.807, 2.05) is 0 Å². The Morgan fingerprint density at radius 2 is 2.30 bits per heavy atom. The third kappa shape index (κ3) is 2.60. The Morgan fingerprint density at radius 3 is 2.85 bits per heavy atom. The van der Waals surface area contributed by atoms with Crippen LogP contribution in [0.1, 0.15) is 16.8 Å². The molecule has 108 valence electrons. The van der Waals surface area contributed by atoms with E-state index in [4.69, 9.17) is 10.5 Å². The number of hydrogen-bond acceptors (Lipinski definition) is 5. The van der Waals surface area contributed by atoms with Gasteiger partial charge in [0.15, 0.2) is 0 Å². The lowest BCUT2D eigenvalue weighted by Crippen LogP contribution is -2.26. The monoisotopic (exact) mass is 277 g/mol. The van der Waals surface area contributed by atoms with Gasteiger partial charge in [-0.15, -0.1) is 0 Å². The van der Waals surface area contributed by atoms with Gasteiger partial charge in [0.2, 0.25) is 5.91 Å². The smallest absolute Gasteiger partial charge is 0.337 e. The largest absolute Gasteiger partial charge is 0.465 e. The Bertz CT molecular complexity index is 530. The van der Waals surface area contributed by atoms with Crippen LogP contribution >= 0.6 is 0 Å². The lowest BCUT2D eigenvalue weighted by Gasteiger charge is -2.21. The minimum Gasteiger partial charge on any atom is -0.465 e. The molecule has 1 aliphatic heterocycles. The first-order valence-electron chi connectivity index (χ1n) is 6.51. The SMILES string of the molecule is CNc1ccc(C(=O)OC)cc1N1CC(CN)CC1=O. The first-order chi connectivity index (χ1) is 9.60. The van der Waals surface area contributed by atoms with Gasteiger partial charge < -0.3 is 20.7 Å². The molecule has 6 heteroatoms. The number of carbonyl (C=O) groups is 2. The topological polar surface area (TPSA) is 84.7 Å². The van der Waals surface area contributed by atoms with Crippen LogP contribution in [0, 0.1) is 5.92 Å². The van der Waals surface area contributed by atoms with Gasteiger partial charge in [-0.3, -0.25) is 4.79 Å². The van der Waals surface area contributed by atoms with E-state index >= 15 is 0 Å². The minimum absolute atomic E-state index is 0.0268. The lowest BCUT2D eigenvalue weighted by molar-refractivity contribution is -0.117. The summed E-state index contributed by atoms with van der Waals surface area (Å²) in [7, 11) is 3.11. The third-order valence-electron chi connectivity index (χ3n) is 3.52. The molecule has 1 amide bonds. The van der Waals surface area contributed by atoms with Crippen molar-refractivity contribution >= 4 is 23.3 Å². The van der Waals surface area contributed by atoms with Gasteiger partial charge in [0.25, 0.3) is 0 Å². The second kappa shape index (κ2) is 5.92. The van der Waals surface area contributed by atoms with Gasteiger partial charge in [-0.2, -0.15) is 0 Å². The number of carbonyl (C=O) groups excluding carboxylic acids is 2. The standard InChI is InChI=1S/C14H19N3O3/c1-16-11-4-3-10(14(19)20-2)6-12(11)17-8-9(7-15)5-13(17)18/h3-4,6,9,16H,5,7-8,15H2,1-2H3. The summed E-state index contributed by atoms with van der Waals surface area (Å²) in [4.78, 5) is 25.4. The van der Waals surface area contributed by atoms with Crippen molar-refractivity contribution in [1.29, 1.82) is 0 Å². The van der Waals surface area contributed by atoms with E-state index in [1.54, 1.807) is 30.1 Å². The first-order valence-corrected chi connectivity index (χ1v) is 6.51. The minimum atomic E-state index is -0.420. The third-order valence-corrected chi connectivity index (χ3v) is 3.52. The van der Waals surface area contributed by atoms with E-state index in [0.717, 1.165) is 5.69 Å². The van der Waals surface area contributed by atoms with Gasteiger partial charge in [0.05, 0.1) is 24.0 Å². The summed E-state index contributed by atoms with van der Waals surface area (Å²) >= 11 is 0. The summed E-state index contributed by atoms with van der Waals surface area (Å²) in [6, 6.07) is 5.11. The summed E-state index contributed by atoms with van der Waals surface area (Å²) in [5.41, 5.74) is 7.55. The van der Waals surface area contributed by atoms with Crippen molar-refractivity contribution in [3.8, 4) is 0 Å². The molecule has 3 N–H and O–H groups in total. The van der Waals surface area contributed by atoms with Crippen LogP contribution in [0.4, 0.5) is 11.4 Å². The van der Waals surface area contributed by atoms with Gasteiger partial charge in [-0.25, -0.2) is 4.79 Å². The number of rotatable bonds is 4. The predicted octanol–water partition coefficient (Wildman–Crippen LogP) is 0.826. The van der Waals surface area contributed by atoms with Crippen LogP contribution in [0.5, 0.6) is 0 Å². The van der Waals surface area contributed by atoms with Crippen molar-refractivity contribution in [1.82, 2.24) is 0 Å². The van der Waals surface area contributed by atoms with Crippen molar-refractivity contribution in [3.05, 3.63) is 23.8 Å². The van der Waals surface area contributed by atoms with Crippen molar-refractivity contribution < 1.29 is 14.3 Å². The number of benzene rings is 1. The highest BCUT2D eigenvalue weighted by atomic mass is 16.5. The summed E-state index contributed by atoms with van der Waals surface area (Å²) < 4.78 is 4.71. The Kier molecular flexibility index (Phi) is 4.24. The molecular formula is C14H19N3O3. The van der Waals surface area contributed by atoms with Crippen LogP contribution < -0.4 is 16.0 Å². The average molecular weight is 277 g/mol. The number of nitrogens with one attached hydrogen (secondary N) is 1. The number of amides is 1. The van der Waals surface area contributed by atoms with E-state index in [1.165, 1.54) is 7.11 Å². The first kappa shape index (κ1) is 14.3. The number of anilines is 2. The molecule has 1 fully saturated rings. The number of hydrogen-bond donors (Lipinski definition) is 2. The summed E-state index contributed by atoms with van der Waals surface area (Å²) in [6.45, 7) is 1.06. The van der Waals surface area contributed by atoms with Crippen LogP contribution in [-0.2, 0) is 9.53 Å². The van der Waals surface area contributed by atoms with Crippen LogP contribution in [0.2, 0.25) is 0 Å². The van der Waals surface area contributed by atoms with E-state index in [9.17, 15) is 9.59 Å². The van der Waals surface area contributed by atoms with Gasteiger partial charge >= 0.3 is 5.97 Å². The van der Waals surface area contributed by atoms with Crippen LogP contribution in [0.15, 0.2) is 18.2 Å². The Morgan fingerprint density at radius 1 is 1.55 bits per heavy atom. The second-order valence-corrected chi connectivity index (χ2v) is 4.78. The number of nitrogens with two attached hydrogens (primary N) is 1. The molecule has 0 aliphatic carbocycles. The highest BCUT2D eigenvalue weighted by Crippen LogP contribution is 2.32. The molecule has 1 aromatic rings. The van der Waals surface area contributed by atoms with Crippen LogP contribution in [0.25, 0.3) is 0 Å². The highest BCUT2D eigenvalue weighted by Gasteiger charge is 2.31. The molecule has 0 bridgehead atoms. The second-order valence-electron chi connectivity index (χ2n) is 4.78. The fourth-order valence-electron chi connectivity index (χ4n) is 2.38. The normalized spacial score (nSPS) is 18.2. The molecule has 1 aromatic carbocycles. The molecule has 1 saturated heterocycles. The zero-order chi connectivity index (χ0) is 14.7. The van der Waals surface area contributed by atoms with Crippen molar-refractivity contribution in [2.24, 2.45) is 11.7 Å². The van der Waals surface area contributed by atoms with Crippen LogP contribution in [0.3, 0.4) is 0 Å². The molecule has 1 unspecified atom stereocenters. The number of esters is 1. The number of nitrogens with zero attached hydrogens (tertiary/aromatic N) is 1. The Labute approximate surface area is 117 Å². The summed E-state index contributed by atoms with van der Waals surface area (Å²) in [5.74, 6) is -0.233. The Hall–Kier alpha value is -2.08. The molecule has 0 saturated carbocycles. The van der Waals surface area contributed by atoms with Gasteiger partial charge in [-0.1, -0.05) is 0 Å². The summed E-state index contributed by atoms with van der Waals surface area (Å²) in [5, 5.41) is 3.03. The molecular weight excluding hydrogens is 258 g/mol. The average Bonchev–Trinajstić information content (AvgIpc) is 2.86. The molecule has 0 radical (unpaired) electrons. The van der Waals surface area contributed by atoms with E-state index in [2.05, 4.69) is 5.32 Å². The molecule has 0 aromatic heterocycles. The molecule has 0 spiro atoms. The fourth-order valence-corrected chi connectivity index (χ4v) is 2.38. The molecule has 1 aliphatic rings. The molecule has 1 atom stereocenters. The number of ether oxygens (including phenoxy) is 1. The predicted molar refractivity (Wildman–Crippen MR) is 76.8 cm³/mol. The van der Waals surface area contributed by atoms with Gasteiger partial charge in [0, 0.05) is 20.0 Å². The summed E-state index contributed by atoms with van der Waals surface area (Å²) in [6.07, 6.45) is 0.447. The maximum Gasteiger partial charge on any atom is 0.337 e. The van der Waals surface area contributed by atoms with E-state index in [0.29, 0.717) is 30.8 Å². The molecule has 20 heavy (non-hydrogen) atoms. The highest BCUT2D eigenvalue weighted by molar-refractivity contribution is 6.01. The van der Waals surface area contributed by atoms with Gasteiger partial charge in [0.1, 0.15) is 0 Å². The molecule has 6 nitrogen and oxygen atoms in total. The molecule has 2 rings (SSSR count). The van der Waals surface area contributed by atoms with E-state index in [-0.39, 0.29) is 11.8 Å². The molecule has 1 heterocycles. The fraction of sp³-hybridized carbons (Fsp3) is 0.429. The maximum atomic E-state index is 12.1.